The summed E-state index contributed by atoms with van der Waals surface area (Å²) in [6, 6.07) is 4.44. The van der Waals surface area contributed by atoms with Crippen molar-refractivity contribution >= 4 is 5.69 Å². The van der Waals surface area contributed by atoms with Gasteiger partial charge in [-0.05, 0) is 30.5 Å². The third-order valence-corrected chi connectivity index (χ3v) is 3.78. The van der Waals surface area contributed by atoms with Gasteiger partial charge in [-0.15, -0.1) is 0 Å². The number of nitrogens with two attached hydrogens (primary N) is 1. The molecule has 1 fully saturated rings. The van der Waals surface area contributed by atoms with E-state index < -0.39 is 11.7 Å². The summed E-state index contributed by atoms with van der Waals surface area (Å²) in [4.78, 5) is 2.02. The Balaban J connectivity index is 2.08. The minimum Gasteiger partial charge on any atom is -0.366 e. The standard InChI is InChI=1S/C12H13F3N2/c13-12(14,15)8-2-1-3-10-7(8)6-11-9(16)4-5-17(10)11/h1-3,9,11H,4-6,16H2. The summed E-state index contributed by atoms with van der Waals surface area (Å²) in [6.07, 6.45) is -2.98. The molecule has 2 N–H and O–H groups in total. The predicted molar refractivity (Wildman–Crippen MR) is 58.9 cm³/mol. The number of anilines is 1. The van der Waals surface area contributed by atoms with E-state index in [0.717, 1.165) is 24.7 Å². The molecule has 1 saturated heterocycles. The van der Waals surface area contributed by atoms with Crippen molar-refractivity contribution in [2.45, 2.75) is 31.1 Å². The first-order valence-electron chi connectivity index (χ1n) is 5.70. The van der Waals surface area contributed by atoms with Gasteiger partial charge in [0.2, 0.25) is 0 Å². The Bertz CT molecular complexity index is 456. The highest BCUT2D eigenvalue weighted by molar-refractivity contribution is 5.64. The molecule has 0 aliphatic carbocycles. The van der Waals surface area contributed by atoms with Crippen LogP contribution in [0.5, 0.6) is 0 Å². The van der Waals surface area contributed by atoms with Crippen LogP contribution in [0.15, 0.2) is 18.2 Å². The molecule has 0 spiro atoms. The second-order valence-electron chi connectivity index (χ2n) is 4.72. The van der Waals surface area contributed by atoms with Crippen LogP contribution in [-0.2, 0) is 12.6 Å². The number of benzene rings is 1. The molecule has 3 rings (SSSR count). The van der Waals surface area contributed by atoms with Crippen LogP contribution in [0.1, 0.15) is 17.5 Å². The quantitative estimate of drug-likeness (QED) is 0.755. The van der Waals surface area contributed by atoms with Gasteiger partial charge in [0.1, 0.15) is 0 Å². The van der Waals surface area contributed by atoms with Gasteiger partial charge in [-0.3, -0.25) is 0 Å². The van der Waals surface area contributed by atoms with E-state index in [9.17, 15) is 13.2 Å². The number of hydrogen-bond donors (Lipinski definition) is 1. The zero-order chi connectivity index (χ0) is 12.2. The van der Waals surface area contributed by atoms with Crippen molar-refractivity contribution in [3.8, 4) is 0 Å². The van der Waals surface area contributed by atoms with E-state index in [1.165, 1.54) is 6.07 Å². The minimum absolute atomic E-state index is 0.0107. The first-order valence-corrected chi connectivity index (χ1v) is 5.70. The Kier molecular flexibility index (Phi) is 2.17. The Morgan fingerprint density at radius 3 is 2.76 bits per heavy atom. The largest absolute Gasteiger partial charge is 0.416 e. The van der Waals surface area contributed by atoms with Crippen molar-refractivity contribution in [3.05, 3.63) is 29.3 Å². The molecule has 2 atom stereocenters. The number of halogens is 3. The van der Waals surface area contributed by atoms with Crippen LogP contribution in [0.3, 0.4) is 0 Å². The Morgan fingerprint density at radius 1 is 1.29 bits per heavy atom. The van der Waals surface area contributed by atoms with Crippen LogP contribution in [0.25, 0.3) is 0 Å². The summed E-state index contributed by atoms with van der Waals surface area (Å²) in [5.74, 6) is 0. The molecule has 2 aliphatic rings. The fourth-order valence-electron chi connectivity index (χ4n) is 2.97. The molecule has 0 saturated carbocycles. The molecule has 1 aromatic rings. The van der Waals surface area contributed by atoms with Crippen molar-refractivity contribution in [2.24, 2.45) is 5.73 Å². The molecule has 2 unspecified atom stereocenters. The summed E-state index contributed by atoms with van der Waals surface area (Å²) < 4.78 is 38.6. The predicted octanol–water partition coefficient (Wildman–Crippen LogP) is 2.17. The molecule has 0 aromatic heterocycles. The van der Waals surface area contributed by atoms with Gasteiger partial charge in [-0.25, -0.2) is 0 Å². The van der Waals surface area contributed by atoms with Gasteiger partial charge >= 0.3 is 6.18 Å². The molecule has 5 heteroatoms. The lowest BCUT2D eigenvalue weighted by Gasteiger charge is -2.20. The maximum Gasteiger partial charge on any atom is 0.416 e. The topological polar surface area (TPSA) is 29.3 Å². The van der Waals surface area contributed by atoms with E-state index in [1.807, 2.05) is 4.90 Å². The molecule has 2 nitrogen and oxygen atoms in total. The highest BCUT2D eigenvalue weighted by atomic mass is 19.4. The van der Waals surface area contributed by atoms with Crippen molar-refractivity contribution in [1.82, 2.24) is 0 Å². The van der Waals surface area contributed by atoms with Crippen molar-refractivity contribution < 1.29 is 13.2 Å². The van der Waals surface area contributed by atoms with Gasteiger partial charge in [-0.2, -0.15) is 13.2 Å². The highest BCUT2D eigenvalue weighted by Crippen LogP contribution is 2.43. The lowest BCUT2D eigenvalue weighted by atomic mass is 9.99. The van der Waals surface area contributed by atoms with Gasteiger partial charge in [-0.1, -0.05) is 6.07 Å². The zero-order valence-electron chi connectivity index (χ0n) is 9.17. The lowest BCUT2D eigenvalue weighted by molar-refractivity contribution is -0.138. The van der Waals surface area contributed by atoms with Crippen molar-refractivity contribution in [2.75, 3.05) is 11.4 Å². The number of rotatable bonds is 0. The van der Waals surface area contributed by atoms with Crippen molar-refractivity contribution in [1.29, 1.82) is 0 Å². The Morgan fingerprint density at radius 2 is 2.06 bits per heavy atom. The van der Waals surface area contributed by atoms with E-state index in [-0.39, 0.29) is 12.1 Å². The van der Waals surface area contributed by atoms with E-state index >= 15 is 0 Å². The van der Waals surface area contributed by atoms with E-state index in [2.05, 4.69) is 0 Å². The third-order valence-electron chi connectivity index (χ3n) is 3.78. The van der Waals surface area contributed by atoms with Gasteiger partial charge in [0.05, 0.1) is 5.56 Å². The molecular weight excluding hydrogens is 229 g/mol. The number of alkyl halides is 3. The van der Waals surface area contributed by atoms with Crippen LogP contribution >= 0.6 is 0 Å². The molecule has 2 heterocycles. The maximum absolute atomic E-state index is 12.9. The van der Waals surface area contributed by atoms with Gasteiger partial charge in [0.15, 0.2) is 0 Å². The monoisotopic (exact) mass is 242 g/mol. The van der Waals surface area contributed by atoms with Crippen LogP contribution in [-0.4, -0.2) is 18.6 Å². The molecular formula is C12H13F3N2. The average molecular weight is 242 g/mol. The number of hydrogen-bond acceptors (Lipinski definition) is 2. The summed E-state index contributed by atoms with van der Waals surface area (Å²) in [7, 11) is 0. The normalized spacial score (nSPS) is 27.2. The van der Waals surface area contributed by atoms with Gasteiger partial charge < -0.3 is 10.6 Å². The lowest BCUT2D eigenvalue weighted by Crippen LogP contribution is -2.37. The molecule has 2 aliphatic heterocycles. The molecule has 0 amide bonds. The van der Waals surface area contributed by atoms with E-state index in [4.69, 9.17) is 5.73 Å². The molecule has 92 valence electrons. The van der Waals surface area contributed by atoms with Crippen LogP contribution < -0.4 is 10.6 Å². The minimum atomic E-state index is -4.27. The second kappa shape index (κ2) is 3.38. The molecule has 0 bridgehead atoms. The molecule has 17 heavy (non-hydrogen) atoms. The highest BCUT2D eigenvalue weighted by Gasteiger charge is 2.43. The smallest absolute Gasteiger partial charge is 0.366 e. The van der Waals surface area contributed by atoms with Gasteiger partial charge in [0, 0.05) is 24.3 Å². The summed E-state index contributed by atoms with van der Waals surface area (Å²) >= 11 is 0. The van der Waals surface area contributed by atoms with Crippen LogP contribution in [0.2, 0.25) is 0 Å². The van der Waals surface area contributed by atoms with Crippen molar-refractivity contribution in [3.63, 3.8) is 0 Å². The average Bonchev–Trinajstić information content (AvgIpc) is 2.77. The third kappa shape index (κ3) is 1.52. The van der Waals surface area contributed by atoms with Crippen LogP contribution in [0, 0.1) is 0 Å². The van der Waals surface area contributed by atoms with E-state index in [1.54, 1.807) is 6.07 Å². The maximum atomic E-state index is 12.9. The Labute approximate surface area is 97.2 Å². The van der Waals surface area contributed by atoms with Gasteiger partial charge in [0.25, 0.3) is 0 Å². The first-order chi connectivity index (χ1) is 7.98. The number of nitrogens with zero attached hydrogens (tertiary/aromatic N) is 1. The molecule has 0 radical (unpaired) electrons. The number of fused-ring (bicyclic) bond motifs is 3. The fraction of sp³-hybridized carbons (Fsp3) is 0.500. The SMILES string of the molecule is NC1CCN2c3cccc(C(F)(F)F)c3CC12. The summed E-state index contributed by atoms with van der Waals surface area (Å²) in [6.45, 7) is 0.764. The summed E-state index contributed by atoms with van der Waals surface area (Å²) in [5.41, 5.74) is 6.57. The molecule has 1 aromatic carbocycles. The van der Waals surface area contributed by atoms with E-state index in [0.29, 0.717) is 12.0 Å². The summed E-state index contributed by atoms with van der Waals surface area (Å²) in [5, 5.41) is 0. The fourth-order valence-corrected chi connectivity index (χ4v) is 2.97. The van der Waals surface area contributed by atoms with Crippen LogP contribution in [0.4, 0.5) is 18.9 Å². The second-order valence-corrected chi connectivity index (χ2v) is 4.72. The first kappa shape index (κ1) is 10.9. The Hall–Kier alpha value is -1.23. The zero-order valence-corrected chi connectivity index (χ0v) is 9.17.